The number of sulfonamides is 1. The maximum absolute atomic E-state index is 13.7. The molecule has 0 unspecified atom stereocenters. The molecule has 0 spiro atoms. The number of hydrogen-bond acceptors (Lipinski definition) is 9. The maximum atomic E-state index is 13.7. The first-order valence-corrected chi connectivity index (χ1v) is 14.3. The molecule has 1 aromatic carbocycles. The summed E-state index contributed by atoms with van der Waals surface area (Å²) in [6.07, 6.45) is 2.06. The van der Waals surface area contributed by atoms with E-state index in [-0.39, 0.29) is 25.6 Å². The topological polar surface area (TPSA) is 126 Å². The summed E-state index contributed by atoms with van der Waals surface area (Å²) in [6.45, 7) is 6.13. The van der Waals surface area contributed by atoms with Crippen LogP contribution in [0.5, 0.6) is 0 Å². The minimum absolute atomic E-state index is 0.193. The van der Waals surface area contributed by atoms with Crippen LogP contribution in [0.3, 0.4) is 0 Å². The number of benzene rings is 1. The minimum Gasteiger partial charge on any atom is -0.345 e. The zero-order valence-electron chi connectivity index (χ0n) is 21.6. The second-order valence-corrected chi connectivity index (χ2v) is 12.1. The number of halogens is 1. The van der Waals surface area contributed by atoms with E-state index in [1.54, 1.807) is 24.4 Å². The lowest BCUT2D eigenvalue weighted by atomic mass is 9.92. The fourth-order valence-electron chi connectivity index (χ4n) is 4.36. The van der Waals surface area contributed by atoms with Gasteiger partial charge in [0.1, 0.15) is 5.82 Å². The van der Waals surface area contributed by atoms with Gasteiger partial charge in [0, 0.05) is 49.9 Å². The first-order valence-electron chi connectivity index (χ1n) is 12.4. The number of H-pyrrole nitrogens is 1. The highest BCUT2D eigenvalue weighted by Gasteiger charge is 2.36. The molecule has 2 aliphatic rings. The van der Waals surface area contributed by atoms with Crippen LogP contribution in [-0.2, 0) is 19.5 Å². The molecule has 0 aliphatic carbocycles. The molecule has 4 heterocycles. The average molecular weight is 546 g/mol. The molecule has 0 radical (unpaired) electrons. The average Bonchev–Trinajstić information content (AvgIpc) is 3.34. The normalized spacial score (nSPS) is 23.1. The molecular weight excluding hydrogens is 513 g/mol. The van der Waals surface area contributed by atoms with Crippen LogP contribution >= 0.6 is 0 Å². The zero-order valence-corrected chi connectivity index (χ0v) is 22.5. The second kappa shape index (κ2) is 10.7. The number of likely N-dealkylation sites (N-methyl/N-ethyl adjacent to an activating group) is 1. The number of rotatable bonds is 7. The molecular formula is C25H32FN7O4S. The Morgan fingerprint density at radius 3 is 2.45 bits per heavy atom. The maximum Gasteiger partial charge on any atom is 0.225 e. The quantitative estimate of drug-likeness (QED) is 0.459. The van der Waals surface area contributed by atoms with E-state index in [1.165, 1.54) is 12.1 Å². The summed E-state index contributed by atoms with van der Waals surface area (Å²) in [5.41, 5.74) is 2.05. The lowest BCUT2D eigenvalue weighted by Crippen LogP contribution is -2.45. The predicted molar refractivity (Wildman–Crippen MR) is 140 cm³/mol. The highest BCUT2D eigenvalue weighted by Crippen LogP contribution is 2.35. The van der Waals surface area contributed by atoms with Crippen molar-refractivity contribution in [3.8, 4) is 22.6 Å². The van der Waals surface area contributed by atoms with E-state index in [0.29, 0.717) is 34.4 Å². The van der Waals surface area contributed by atoms with Crippen LogP contribution in [0, 0.1) is 11.2 Å². The largest absolute Gasteiger partial charge is 0.345 e. The number of anilines is 1. The van der Waals surface area contributed by atoms with Gasteiger partial charge in [0.05, 0.1) is 36.6 Å². The zero-order chi connectivity index (χ0) is 26.9. The number of ether oxygens (including phenoxy) is 2. The van der Waals surface area contributed by atoms with E-state index in [4.69, 9.17) is 19.4 Å². The van der Waals surface area contributed by atoms with E-state index in [9.17, 15) is 12.8 Å². The number of aromatic amines is 1. The number of piperazine rings is 1. The molecule has 2 saturated heterocycles. The van der Waals surface area contributed by atoms with E-state index in [1.807, 2.05) is 6.92 Å². The van der Waals surface area contributed by atoms with Gasteiger partial charge < -0.3 is 24.3 Å². The van der Waals surface area contributed by atoms with Crippen molar-refractivity contribution in [3.63, 3.8) is 0 Å². The standard InChI is InChI=1S/C25H32FN7O4S/c1-25(14-28-38(3,34)35)15-36-23(37-16-25)22-30-20(17-4-6-18(26)7-5-17)21(31-22)19-8-9-27-24(29-19)33-12-10-32(2)11-13-33/h4-9,23,28H,10-16H2,1-3H3,(H,30,31). The molecule has 0 atom stereocenters. The first kappa shape index (κ1) is 26.6. The Hall–Kier alpha value is -2.97. The van der Waals surface area contributed by atoms with Crippen molar-refractivity contribution in [2.45, 2.75) is 13.2 Å². The van der Waals surface area contributed by atoms with Gasteiger partial charge in [0.15, 0.2) is 5.82 Å². The third kappa shape index (κ3) is 6.18. The molecule has 3 aromatic rings. The van der Waals surface area contributed by atoms with Gasteiger partial charge in [0.25, 0.3) is 0 Å². The fourth-order valence-corrected chi connectivity index (χ4v) is 4.97. The van der Waals surface area contributed by atoms with Gasteiger partial charge >= 0.3 is 0 Å². The van der Waals surface area contributed by atoms with Crippen molar-refractivity contribution in [2.24, 2.45) is 5.41 Å². The number of hydrogen-bond donors (Lipinski definition) is 2. The van der Waals surface area contributed by atoms with Crippen molar-refractivity contribution in [1.29, 1.82) is 0 Å². The Bertz CT molecular complexity index is 1370. The fraction of sp³-hybridized carbons (Fsp3) is 0.480. The van der Waals surface area contributed by atoms with Crippen molar-refractivity contribution in [1.82, 2.24) is 29.6 Å². The molecule has 2 fully saturated rings. The molecule has 5 rings (SSSR count). The van der Waals surface area contributed by atoms with Gasteiger partial charge in [-0.3, -0.25) is 0 Å². The van der Waals surface area contributed by atoms with Gasteiger partial charge in [-0.15, -0.1) is 0 Å². The predicted octanol–water partition coefficient (Wildman–Crippen LogP) is 2.03. The molecule has 0 amide bonds. The molecule has 11 nitrogen and oxygen atoms in total. The van der Waals surface area contributed by atoms with Crippen molar-refractivity contribution in [2.75, 3.05) is 64.1 Å². The van der Waals surface area contributed by atoms with E-state index in [0.717, 1.165) is 32.4 Å². The lowest BCUT2D eigenvalue weighted by molar-refractivity contribution is -0.231. The summed E-state index contributed by atoms with van der Waals surface area (Å²) in [6, 6.07) is 7.91. The van der Waals surface area contributed by atoms with Gasteiger partial charge in [-0.2, -0.15) is 0 Å². The molecule has 2 N–H and O–H groups in total. The van der Waals surface area contributed by atoms with Gasteiger partial charge in [0.2, 0.25) is 22.3 Å². The van der Waals surface area contributed by atoms with Gasteiger partial charge in [-0.05, 0) is 37.4 Å². The summed E-state index contributed by atoms with van der Waals surface area (Å²) >= 11 is 0. The Morgan fingerprint density at radius 2 is 1.79 bits per heavy atom. The van der Waals surface area contributed by atoms with Crippen molar-refractivity contribution >= 4 is 16.0 Å². The van der Waals surface area contributed by atoms with Crippen molar-refractivity contribution in [3.05, 3.63) is 48.2 Å². The minimum atomic E-state index is -3.33. The summed E-state index contributed by atoms with van der Waals surface area (Å²) in [7, 11) is -1.24. The van der Waals surface area contributed by atoms with Crippen LogP contribution in [0.25, 0.3) is 22.6 Å². The number of aromatic nitrogens is 4. The Labute approximate surface area is 221 Å². The monoisotopic (exact) mass is 545 g/mol. The molecule has 2 aromatic heterocycles. The van der Waals surface area contributed by atoms with Crippen LogP contribution < -0.4 is 9.62 Å². The lowest BCUT2D eigenvalue weighted by Gasteiger charge is -2.36. The summed E-state index contributed by atoms with van der Waals surface area (Å²) in [5.74, 6) is 0.736. The molecule has 13 heteroatoms. The van der Waals surface area contributed by atoms with Gasteiger partial charge in [-0.25, -0.2) is 32.5 Å². The molecule has 0 bridgehead atoms. The summed E-state index contributed by atoms with van der Waals surface area (Å²) < 4.78 is 51.2. The molecule has 204 valence electrons. The second-order valence-electron chi connectivity index (χ2n) is 10.2. The first-order chi connectivity index (χ1) is 18.1. The van der Waals surface area contributed by atoms with Crippen LogP contribution in [0.1, 0.15) is 19.0 Å². The number of nitrogens with zero attached hydrogens (tertiary/aromatic N) is 5. The smallest absolute Gasteiger partial charge is 0.225 e. The van der Waals surface area contributed by atoms with Crippen LogP contribution in [0.2, 0.25) is 0 Å². The van der Waals surface area contributed by atoms with Crippen LogP contribution in [0.15, 0.2) is 36.5 Å². The third-order valence-electron chi connectivity index (χ3n) is 6.68. The summed E-state index contributed by atoms with van der Waals surface area (Å²) in [4.78, 5) is 21.8. The number of imidazole rings is 1. The summed E-state index contributed by atoms with van der Waals surface area (Å²) in [5, 5.41) is 0. The Morgan fingerprint density at radius 1 is 1.11 bits per heavy atom. The third-order valence-corrected chi connectivity index (χ3v) is 7.34. The Kier molecular flexibility index (Phi) is 7.47. The highest BCUT2D eigenvalue weighted by atomic mass is 32.2. The van der Waals surface area contributed by atoms with Crippen LogP contribution in [-0.4, -0.2) is 92.5 Å². The van der Waals surface area contributed by atoms with Crippen LogP contribution in [0.4, 0.5) is 10.3 Å². The molecule has 0 saturated carbocycles. The van der Waals surface area contributed by atoms with E-state index < -0.39 is 21.7 Å². The Balaban J connectivity index is 1.43. The molecule has 2 aliphatic heterocycles. The van der Waals surface area contributed by atoms with E-state index in [2.05, 4.69) is 31.5 Å². The SMILES string of the molecule is CN1CCN(c2nccc(-c3[nH]c(C4OCC(C)(CNS(C)(=O)=O)CO4)nc3-c3ccc(F)cc3)n2)CC1. The number of nitrogens with one attached hydrogen (secondary N) is 2. The van der Waals surface area contributed by atoms with E-state index >= 15 is 0 Å². The van der Waals surface area contributed by atoms with Gasteiger partial charge in [-0.1, -0.05) is 6.92 Å². The molecule has 38 heavy (non-hydrogen) atoms. The highest BCUT2D eigenvalue weighted by molar-refractivity contribution is 7.88. The van der Waals surface area contributed by atoms with Crippen molar-refractivity contribution < 1.29 is 22.3 Å².